The highest BCUT2D eigenvalue weighted by molar-refractivity contribution is 5.89. The Bertz CT molecular complexity index is 892. The third kappa shape index (κ3) is 6.16. The molecular formula is C26H34O2. The number of phenols is 2. The second-order valence-corrected chi connectivity index (χ2v) is 6.40. The molecule has 0 radical (unpaired) electrons. The Hall–Kier alpha value is -2.74. The standard InChI is InChI=1S/C12H14.C10H8O2.2C2H6/c1-9(2)11-7-6-10-4-3-5-12(10)8-11;11-8-5-4-7-2-1-3-10(12)9(7)6-8;2*1-2/h3-4,6-9H,5H2,1-2H3;1-6,11-12H;2*1-2H3. The van der Waals surface area contributed by atoms with Crippen molar-refractivity contribution in [3.63, 3.8) is 0 Å². The number of hydrogen-bond acceptors (Lipinski definition) is 2. The molecule has 0 heterocycles. The quantitative estimate of drug-likeness (QED) is 0.456. The van der Waals surface area contributed by atoms with E-state index in [0.29, 0.717) is 11.3 Å². The number of hydrogen-bond donors (Lipinski definition) is 2. The van der Waals surface area contributed by atoms with Crippen LogP contribution in [-0.4, -0.2) is 10.2 Å². The lowest BCUT2D eigenvalue weighted by molar-refractivity contribution is 0.471. The summed E-state index contributed by atoms with van der Waals surface area (Å²) in [4.78, 5) is 0. The molecular weight excluding hydrogens is 344 g/mol. The monoisotopic (exact) mass is 378 g/mol. The van der Waals surface area contributed by atoms with E-state index in [1.54, 1.807) is 30.3 Å². The largest absolute Gasteiger partial charge is 0.508 e. The van der Waals surface area contributed by atoms with E-state index in [-0.39, 0.29) is 11.5 Å². The van der Waals surface area contributed by atoms with Crippen molar-refractivity contribution in [3.05, 3.63) is 77.4 Å². The van der Waals surface area contributed by atoms with Crippen molar-refractivity contribution in [1.29, 1.82) is 0 Å². The predicted molar refractivity (Wildman–Crippen MR) is 123 cm³/mol. The molecule has 2 N–H and O–H groups in total. The van der Waals surface area contributed by atoms with Crippen LogP contribution < -0.4 is 0 Å². The summed E-state index contributed by atoms with van der Waals surface area (Å²) < 4.78 is 0. The minimum absolute atomic E-state index is 0.170. The van der Waals surface area contributed by atoms with Crippen LogP contribution in [0.4, 0.5) is 0 Å². The normalized spacial score (nSPS) is 10.8. The first-order valence-corrected chi connectivity index (χ1v) is 10.2. The number of fused-ring (bicyclic) bond motifs is 2. The molecule has 1 aliphatic rings. The number of benzene rings is 3. The van der Waals surface area contributed by atoms with Gasteiger partial charge in [0.2, 0.25) is 0 Å². The lowest BCUT2D eigenvalue weighted by atomic mass is 9.98. The van der Waals surface area contributed by atoms with Crippen molar-refractivity contribution in [2.75, 3.05) is 0 Å². The van der Waals surface area contributed by atoms with Crippen molar-refractivity contribution in [3.8, 4) is 11.5 Å². The molecule has 150 valence electrons. The molecule has 3 aromatic carbocycles. The van der Waals surface area contributed by atoms with Gasteiger partial charge in [0.05, 0.1) is 0 Å². The third-order valence-electron chi connectivity index (χ3n) is 4.31. The Morgan fingerprint density at radius 1 is 0.821 bits per heavy atom. The van der Waals surface area contributed by atoms with Crippen LogP contribution in [0.1, 0.15) is 64.2 Å². The molecule has 2 heteroatoms. The molecule has 0 bridgehead atoms. The molecule has 0 atom stereocenters. The summed E-state index contributed by atoms with van der Waals surface area (Å²) in [5.41, 5.74) is 4.35. The van der Waals surface area contributed by atoms with Crippen LogP contribution >= 0.6 is 0 Å². The van der Waals surface area contributed by atoms with E-state index in [9.17, 15) is 5.11 Å². The first-order chi connectivity index (χ1) is 13.5. The van der Waals surface area contributed by atoms with E-state index in [1.807, 2.05) is 33.8 Å². The fourth-order valence-corrected chi connectivity index (χ4v) is 2.88. The average Bonchev–Trinajstić information content (AvgIpc) is 3.20. The molecule has 0 fully saturated rings. The van der Waals surface area contributed by atoms with Gasteiger partial charge in [0.1, 0.15) is 11.5 Å². The Morgan fingerprint density at radius 2 is 1.54 bits per heavy atom. The maximum Gasteiger partial charge on any atom is 0.123 e. The van der Waals surface area contributed by atoms with E-state index < -0.39 is 0 Å². The Morgan fingerprint density at radius 3 is 2.21 bits per heavy atom. The summed E-state index contributed by atoms with van der Waals surface area (Å²) >= 11 is 0. The van der Waals surface area contributed by atoms with Crippen molar-refractivity contribution in [1.82, 2.24) is 0 Å². The molecule has 0 saturated heterocycles. The smallest absolute Gasteiger partial charge is 0.123 e. The Balaban J connectivity index is 0.000000238. The zero-order chi connectivity index (χ0) is 21.1. The topological polar surface area (TPSA) is 40.5 Å². The van der Waals surface area contributed by atoms with E-state index in [0.717, 1.165) is 11.8 Å². The van der Waals surface area contributed by atoms with Crippen LogP contribution in [0.3, 0.4) is 0 Å². The number of aromatic hydroxyl groups is 2. The van der Waals surface area contributed by atoms with Crippen LogP contribution in [-0.2, 0) is 6.42 Å². The van der Waals surface area contributed by atoms with Gasteiger partial charge in [-0.1, -0.05) is 90.1 Å². The minimum Gasteiger partial charge on any atom is -0.508 e. The summed E-state index contributed by atoms with van der Waals surface area (Å²) in [7, 11) is 0. The van der Waals surface area contributed by atoms with Crippen molar-refractivity contribution >= 4 is 16.8 Å². The second-order valence-electron chi connectivity index (χ2n) is 6.40. The SMILES string of the molecule is CC.CC.CC(C)c1ccc2c(c1)CC=C2.Oc1ccc2cccc(O)c2c1. The molecule has 0 spiro atoms. The van der Waals surface area contributed by atoms with E-state index in [4.69, 9.17) is 5.11 Å². The van der Waals surface area contributed by atoms with Gasteiger partial charge in [-0.2, -0.15) is 0 Å². The van der Waals surface area contributed by atoms with E-state index in [1.165, 1.54) is 16.7 Å². The molecule has 0 unspecified atom stereocenters. The first kappa shape index (κ1) is 23.3. The van der Waals surface area contributed by atoms with Crippen molar-refractivity contribution in [2.24, 2.45) is 0 Å². The lowest BCUT2D eigenvalue weighted by Gasteiger charge is -2.07. The minimum atomic E-state index is 0.170. The molecule has 2 nitrogen and oxygen atoms in total. The highest BCUT2D eigenvalue weighted by Gasteiger charge is 2.06. The van der Waals surface area contributed by atoms with Gasteiger partial charge in [-0.3, -0.25) is 0 Å². The lowest BCUT2D eigenvalue weighted by Crippen LogP contribution is -1.90. The van der Waals surface area contributed by atoms with Crippen LogP contribution in [0, 0.1) is 0 Å². The highest BCUT2D eigenvalue weighted by Crippen LogP contribution is 2.27. The number of rotatable bonds is 1. The van der Waals surface area contributed by atoms with Gasteiger partial charge in [-0.25, -0.2) is 0 Å². The summed E-state index contributed by atoms with van der Waals surface area (Å²) in [6, 6.07) is 17.0. The third-order valence-corrected chi connectivity index (χ3v) is 4.31. The Kier molecular flexibility index (Phi) is 9.87. The van der Waals surface area contributed by atoms with Crippen LogP contribution in [0.5, 0.6) is 11.5 Å². The van der Waals surface area contributed by atoms with Crippen LogP contribution in [0.25, 0.3) is 16.8 Å². The molecule has 0 aliphatic heterocycles. The summed E-state index contributed by atoms with van der Waals surface area (Å²) in [5, 5.41) is 20.1. The zero-order valence-electron chi connectivity index (χ0n) is 18.0. The molecule has 0 amide bonds. The first-order valence-electron chi connectivity index (χ1n) is 10.2. The number of allylic oxidation sites excluding steroid dienone is 1. The second kappa shape index (κ2) is 11.9. The van der Waals surface area contributed by atoms with Crippen molar-refractivity contribution < 1.29 is 10.2 Å². The number of phenolic OH excluding ortho intramolecular Hbond substituents is 2. The molecule has 0 saturated carbocycles. The predicted octanol–water partition coefficient (Wildman–Crippen LogP) is 7.68. The molecule has 1 aliphatic carbocycles. The van der Waals surface area contributed by atoms with E-state index in [2.05, 4.69) is 44.2 Å². The van der Waals surface area contributed by atoms with Gasteiger partial charge >= 0.3 is 0 Å². The molecule has 3 aromatic rings. The highest BCUT2D eigenvalue weighted by atomic mass is 16.3. The Labute approximate surface area is 170 Å². The maximum absolute atomic E-state index is 9.38. The van der Waals surface area contributed by atoms with Gasteiger partial charge in [0, 0.05) is 5.39 Å². The van der Waals surface area contributed by atoms with Crippen molar-refractivity contribution in [2.45, 2.75) is 53.9 Å². The summed E-state index contributed by atoms with van der Waals surface area (Å²) in [6.45, 7) is 12.5. The van der Waals surface area contributed by atoms with Gasteiger partial charge < -0.3 is 10.2 Å². The summed E-state index contributed by atoms with van der Waals surface area (Å²) in [5.74, 6) is 1.02. The summed E-state index contributed by atoms with van der Waals surface area (Å²) in [6.07, 6.45) is 5.56. The van der Waals surface area contributed by atoms with Gasteiger partial charge in [-0.15, -0.1) is 0 Å². The van der Waals surface area contributed by atoms with Gasteiger partial charge in [0.25, 0.3) is 0 Å². The molecule has 4 rings (SSSR count). The average molecular weight is 379 g/mol. The zero-order valence-corrected chi connectivity index (χ0v) is 18.0. The van der Waals surface area contributed by atoms with Crippen LogP contribution in [0.15, 0.2) is 60.7 Å². The molecule has 0 aromatic heterocycles. The fourth-order valence-electron chi connectivity index (χ4n) is 2.88. The van der Waals surface area contributed by atoms with E-state index >= 15 is 0 Å². The van der Waals surface area contributed by atoms with Crippen LogP contribution in [0.2, 0.25) is 0 Å². The fraction of sp³-hybridized carbons (Fsp3) is 0.308. The maximum atomic E-state index is 9.38. The molecule has 28 heavy (non-hydrogen) atoms. The van der Waals surface area contributed by atoms with Gasteiger partial charge in [-0.05, 0) is 52.6 Å². The van der Waals surface area contributed by atoms with Gasteiger partial charge in [0.15, 0.2) is 0 Å².